The molecule has 3 heteroatoms. The summed E-state index contributed by atoms with van der Waals surface area (Å²) in [6.45, 7) is 5.81. The van der Waals surface area contributed by atoms with E-state index in [2.05, 4.69) is 46.5 Å². The Hall–Kier alpha value is 0.140. The molecule has 0 radical (unpaired) electrons. The Balaban J connectivity index is 1.89. The van der Waals surface area contributed by atoms with Gasteiger partial charge in [0.2, 0.25) is 0 Å². The lowest BCUT2D eigenvalue weighted by atomic mass is 9.73. The highest BCUT2D eigenvalue weighted by Gasteiger charge is 2.31. The second kappa shape index (κ2) is 5.19. The van der Waals surface area contributed by atoms with Crippen molar-refractivity contribution in [2.24, 2.45) is 5.41 Å². The van der Waals surface area contributed by atoms with Crippen molar-refractivity contribution >= 4 is 27.3 Å². The molecule has 2 rings (SSSR count). The van der Waals surface area contributed by atoms with Crippen LogP contribution >= 0.6 is 27.3 Å². The van der Waals surface area contributed by atoms with Crippen molar-refractivity contribution in [2.75, 3.05) is 0 Å². The van der Waals surface area contributed by atoms with Gasteiger partial charge in [-0.2, -0.15) is 0 Å². The molecule has 16 heavy (non-hydrogen) atoms. The van der Waals surface area contributed by atoms with Gasteiger partial charge in [-0.1, -0.05) is 26.7 Å². The minimum atomic E-state index is 0.465. The third-order valence-corrected chi connectivity index (χ3v) is 5.35. The molecule has 1 aromatic rings. The molecule has 1 N–H and O–H groups in total. The van der Waals surface area contributed by atoms with Gasteiger partial charge in [-0.15, -0.1) is 11.3 Å². The van der Waals surface area contributed by atoms with E-state index in [4.69, 9.17) is 0 Å². The van der Waals surface area contributed by atoms with E-state index in [0.29, 0.717) is 11.5 Å². The monoisotopic (exact) mass is 301 g/mol. The normalized spacial score (nSPS) is 24.6. The summed E-state index contributed by atoms with van der Waals surface area (Å²) in [5.41, 5.74) is 0.465. The van der Waals surface area contributed by atoms with Crippen molar-refractivity contribution in [1.82, 2.24) is 5.32 Å². The van der Waals surface area contributed by atoms with E-state index < -0.39 is 0 Å². The lowest BCUT2D eigenvalue weighted by Crippen LogP contribution is -2.43. The fourth-order valence-corrected chi connectivity index (χ4v) is 3.94. The maximum absolute atomic E-state index is 3.73. The van der Waals surface area contributed by atoms with Crippen LogP contribution in [-0.2, 0) is 6.54 Å². The van der Waals surface area contributed by atoms with Gasteiger partial charge in [-0.25, -0.2) is 0 Å². The maximum atomic E-state index is 3.73. The van der Waals surface area contributed by atoms with E-state index in [1.54, 1.807) is 0 Å². The van der Waals surface area contributed by atoms with Crippen LogP contribution in [0.15, 0.2) is 15.9 Å². The summed E-state index contributed by atoms with van der Waals surface area (Å²) in [5, 5.41) is 5.89. The van der Waals surface area contributed by atoms with Crippen molar-refractivity contribution in [2.45, 2.75) is 52.1 Å². The van der Waals surface area contributed by atoms with Crippen molar-refractivity contribution in [3.63, 3.8) is 0 Å². The smallest absolute Gasteiger partial charge is 0.0302 e. The van der Waals surface area contributed by atoms with E-state index in [1.165, 1.54) is 35.0 Å². The second-order valence-electron chi connectivity index (χ2n) is 5.40. The average molecular weight is 302 g/mol. The molecule has 1 nitrogen and oxygen atoms in total. The van der Waals surface area contributed by atoms with Crippen LogP contribution < -0.4 is 5.32 Å². The van der Waals surface area contributed by atoms with Gasteiger partial charge in [0.1, 0.15) is 0 Å². The van der Waals surface area contributed by atoms with Crippen molar-refractivity contribution < 1.29 is 0 Å². The molecule has 0 aromatic carbocycles. The topological polar surface area (TPSA) is 12.0 Å². The van der Waals surface area contributed by atoms with Crippen LogP contribution in [0.25, 0.3) is 0 Å². The van der Waals surface area contributed by atoms with Gasteiger partial charge in [0.25, 0.3) is 0 Å². The summed E-state index contributed by atoms with van der Waals surface area (Å²) in [4.78, 5) is 1.42. The molecule has 1 fully saturated rings. The van der Waals surface area contributed by atoms with Crippen LogP contribution in [0.1, 0.15) is 44.4 Å². The third kappa shape index (κ3) is 3.08. The third-order valence-electron chi connectivity index (χ3n) is 3.65. The maximum Gasteiger partial charge on any atom is 0.0302 e. The second-order valence-corrected chi connectivity index (χ2v) is 7.31. The molecule has 0 amide bonds. The first-order valence-electron chi connectivity index (χ1n) is 6.04. The number of nitrogens with one attached hydrogen (secondary N) is 1. The molecule has 0 spiro atoms. The molecule has 1 atom stereocenters. The summed E-state index contributed by atoms with van der Waals surface area (Å²) in [6.07, 6.45) is 5.48. The predicted molar refractivity (Wildman–Crippen MR) is 74.9 cm³/mol. The first-order chi connectivity index (χ1) is 7.58. The molecule has 1 aliphatic carbocycles. The first kappa shape index (κ1) is 12.6. The fraction of sp³-hybridized carbons (Fsp3) is 0.692. The Morgan fingerprint density at radius 2 is 2.31 bits per heavy atom. The molecule has 0 aliphatic heterocycles. The zero-order valence-corrected chi connectivity index (χ0v) is 12.5. The van der Waals surface area contributed by atoms with Gasteiger partial charge in [-0.05, 0) is 40.3 Å². The van der Waals surface area contributed by atoms with Crippen LogP contribution in [0.5, 0.6) is 0 Å². The van der Waals surface area contributed by atoms with Gasteiger partial charge in [-0.3, -0.25) is 0 Å². The number of thiophene rings is 1. The lowest BCUT2D eigenvalue weighted by Gasteiger charge is -2.39. The molecule has 1 unspecified atom stereocenters. The Morgan fingerprint density at radius 3 is 2.94 bits per heavy atom. The molecular formula is C13H20BrNS. The highest BCUT2D eigenvalue weighted by Crippen LogP contribution is 2.35. The Labute approximate surface area is 111 Å². The van der Waals surface area contributed by atoms with E-state index in [9.17, 15) is 0 Å². The molecule has 1 aromatic heterocycles. The van der Waals surface area contributed by atoms with Crippen LogP contribution in [0.3, 0.4) is 0 Å². The fourth-order valence-electron chi connectivity index (χ4n) is 2.54. The molecule has 90 valence electrons. The van der Waals surface area contributed by atoms with Crippen molar-refractivity contribution in [3.8, 4) is 0 Å². The minimum absolute atomic E-state index is 0.465. The SMILES string of the molecule is CC1(C)CCCCC1NCc1cc(Br)cs1. The number of hydrogen-bond acceptors (Lipinski definition) is 2. The van der Waals surface area contributed by atoms with E-state index in [1.807, 2.05) is 11.3 Å². The highest BCUT2D eigenvalue weighted by atomic mass is 79.9. The van der Waals surface area contributed by atoms with Gasteiger partial charge in [0, 0.05) is 27.3 Å². The van der Waals surface area contributed by atoms with Crippen LogP contribution in [0.2, 0.25) is 0 Å². The summed E-state index contributed by atoms with van der Waals surface area (Å²) >= 11 is 5.33. The standard InChI is InChI=1S/C13H20BrNS/c1-13(2)6-4-3-5-12(13)15-8-11-7-10(14)9-16-11/h7,9,12,15H,3-6,8H2,1-2H3. The summed E-state index contributed by atoms with van der Waals surface area (Å²) in [5.74, 6) is 0. The first-order valence-corrected chi connectivity index (χ1v) is 7.71. The van der Waals surface area contributed by atoms with E-state index >= 15 is 0 Å². The van der Waals surface area contributed by atoms with Crippen molar-refractivity contribution in [3.05, 3.63) is 20.8 Å². The van der Waals surface area contributed by atoms with Gasteiger partial charge >= 0.3 is 0 Å². The summed E-state index contributed by atoms with van der Waals surface area (Å²) < 4.78 is 1.21. The predicted octanol–water partition coefficient (Wildman–Crippen LogP) is 4.57. The summed E-state index contributed by atoms with van der Waals surface area (Å²) in [7, 11) is 0. The van der Waals surface area contributed by atoms with E-state index in [-0.39, 0.29) is 0 Å². The summed E-state index contributed by atoms with van der Waals surface area (Å²) in [6, 6.07) is 2.90. The Kier molecular flexibility index (Phi) is 4.09. The van der Waals surface area contributed by atoms with Crippen LogP contribution in [0.4, 0.5) is 0 Å². The van der Waals surface area contributed by atoms with Crippen LogP contribution in [-0.4, -0.2) is 6.04 Å². The largest absolute Gasteiger partial charge is 0.309 e. The quantitative estimate of drug-likeness (QED) is 0.862. The zero-order chi connectivity index (χ0) is 11.6. The Bertz CT molecular complexity index is 345. The number of halogens is 1. The van der Waals surface area contributed by atoms with Gasteiger partial charge in [0.15, 0.2) is 0 Å². The van der Waals surface area contributed by atoms with Crippen LogP contribution in [0, 0.1) is 5.41 Å². The molecule has 0 bridgehead atoms. The zero-order valence-electron chi connectivity index (χ0n) is 10.1. The molecule has 1 heterocycles. The average Bonchev–Trinajstić information content (AvgIpc) is 2.62. The molecular weight excluding hydrogens is 282 g/mol. The van der Waals surface area contributed by atoms with Crippen molar-refractivity contribution in [1.29, 1.82) is 0 Å². The lowest BCUT2D eigenvalue weighted by molar-refractivity contribution is 0.167. The highest BCUT2D eigenvalue weighted by molar-refractivity contribution is 9.10. The van der Waals surface area contributed by atoms with Gasteiger partial charge < -0.3 is 5.32 Å². The minimum Gasteiger partial charge on any atom is -0.309 e. The molecule has 0 saturated heterocycles. The Morgan fingerprint density at radius 1 is 1.50 bits per heavy atom. The molecule has 1 aliphatic rings. The van der Waals surface area contributed by atoms with Gasteiger partial charge in [0.05, 0.1) is 0 Å². The molecule has 1 saturated carbocycles. The van der Waals surface area contributed by atoms with E-state index in [0.717, 1.165) is 6.54 Å². The number of hydrogen-bond donors (Lipinski definition) is 1. The number of rotatable bonds is 3.